The number of hydrogen-bond acceptors (Lipinski definition) is 5. The first-order valence-corrected chi connectivity index (χ1v) is 11.8. The van der Waals surface area contributed by atoms with Gasteiger partial charge in [-0.25, -0.2) is 13.1 Å². The minimum atomic E-state index is -3.43. The Morgan fingerprint density at radius 3 is 2.35 bits per heavy atom. The maximum absolute atomic E-state index is 13.0. The summed E-state index contributed by atoms with van der Waals surface area (Å²) < 4.78 is 28.6. The van der Waals surface area contributed by atoms with Crippen LogP contribution in [0.2, 0.25) is 0 Å². The zero-order valence-corrected chi connectivity index (χ0v) is 18.4. The Morgan fingerprint density at radius 2 is 1.68 bits per heavy atom. The summed E-state index contributed by atoms with van der Waals surface area (Å²) in [7, 11) is -3.43. The summed E-state index contributed by atoms with van der Waals surface area (Å²) in [6, 6.07) is 16.9. The molecule has 1 fully saturated rings. The summed E-state index contributed by atoms with van der Waals surface area (Å²) in [6.45, 7) is 4.99. The van der Waals surface area contributed by atoms with Crippen molar-refractivity contribution in [2.75, 3.05) is 26.2 Å². The molecule has 9 heteroatoms. The molecule has 31 heavy (non-hydrogen) atoms. The summed E-state index contributed by atoms with van der Waals surface area (Å²) >= 11 is 0. The lowest BCUT2D eigenvalue weighted by Crippen LogP contribution is -2.50. The molecule has 0 spiro atoms. The van der Waals surface area contributed by atoms with Gasteiger partial charge in [-0.05, 0) is 37.1 Å². The highest BCUT2D eigenvalue weighted by Gasteiger charge is 2.31. The first kappa shape index (κ1) is 21.2. The van der Waals surface area contributed by atoms with Gasteiger partial charge < -0.3 is 4.90 Å². The molecule has 0 radical (unpaired) electrons. The number of benzene rings is 2. The molecule has 1 amide bonds. The van der Waals surface area contributed by atoms with E-state index in [1.54, 1.807) is 21.7 Å². The molecule has 1 saturated heterocycles. The van der Waals surface area contributed by atoms with Crippen LogP contribution in [0, 0.1) is 13.8 Å². The van der Waals surface area contributed by atoms with Crippen LogP contribution in [0.15, 0.2) is 54.6 Å². The van der Waals surface area contributed by atoms with Crippen molar-refractivity contribution in [2.45, 2.75) is 19.6 Å². The molecule has 2 heterocycles. The van der Waals surface area contributed by atoms with E-state index in [9.17, 15) is 13.2 Å². The Morgan fingerprint density at radius 1 is 0.968 bits per heavy atom. The number of sulfonamides is 1. The minimum Gasteiger partial charge on any atom is -0.335 e. The molecule has 0 N–H and O–H groups in total. The van der Waals surface area contributed by atoms with Crippen LogP contribution >= 0.6 is 0 Å². The Hall–Kier alpha value is -3.04. The Balaban J connectivity index is 1.43. The van der Waals surface area contributed by atoms with Gasteiger partial charge in [0.05, 0.1) is 17.1 Å². The molecule has 1 aromatic heterocycles. The van der Waals surface area contributed by atoms with Crippen molar-refractivity contribution < 1.29 is 13.2 Å². The molecular weight excluding hydrogens is 414 g/mol. The Bertz CT molecular complexity index is 1180. The van der Waals surface area contributed by atoms with E-state index in [1.165, 1.54) is 4.31 Å². The maximum Gasteiger partial charge on any atom is 0.276 e. The van der Waals surface area contributed by atoms with E-state index in [0.717, 1.165) is 16.8 Å². The van der Waals surface area contributed by atoms with Crippen LogP contribution in [-0.4, -0.2) is 64.7 Å². The van der Waals surface area contributed by atoms with Gasteiger partial charge in [-0.15, -0.1) is 5.10 Å². The van der Waals surface area contributed by atoms with Gasteiger partial charge in [0, 0.05) is 26.2 Å². The van der Waals surface area contributed by atoms with Crippen molar-refractivity contribution in [3.63, 3.8) is 0 Å². The molecule has 2 aromatic carbocycles. The average Bonchev–Trinajstić information content (AvgIpc) is 3.15. The Labute approximate surface area is 182 Å². The van der Waals surface area contributed by atoms with Crippen molar-refractivity contribution >= 4 is 15.9 Å². The summed E-state index contributed by atoms with van der Waals surface area (Å²) in [5, 5.41) is 8.27. The zero-order chi connectivity index (χ0) is 22.0. The smallest absolute Gasteiger partial charge is 0.276 e. The van der Waals surface area contributed by atoms with E-state index < -0.39 is 10.0 Å². The number of carbonyl (C=O) groups is 1. The summed E-state index contributed by atoms with van der Waals surface area (Å²) in [4.78, 5) is 14.7. The SMILES string of the molecule is Cc1cccc(-n2nnc(C(=O)N3CCN(S(=O)(=O)Cc4ccccc4)CC3)c2C)c1. The quantitative estimate of drug-likeness (QED) is 0.608. The van der Waals surface area contributed by atoms with Crippen LogP contribution in [0.4, 0.5) is 0 Å². The summed E-state index contributed by atoms with van der Waals surface area (Å²) in [5.41, 5.74) is 3.65. The molecule has 8 nitrogen and oxygen atoms in total. The van der Waals surface area contributed by atoms with Crippen LogP contribution in [0.3, 0.4) is 0 Å². The summed E-state index contributed by atoms with van der Waals surface area (Å²) in [6.07, 6.45) is 0. The van der Waals surface area contributed by atoms with Gasteiger partial charge in [0.1, 0.15) is 0 Å². The predicted octanol–water partition coefficient (Wildman–Crippen LogP) is 2.17. The van der Waals surface area contributed by atoms with Crippen molar-refractivity contribution in [1.82, 2.24) is 24.2 Å². The molecule has 3 aromatic rings. The molecule has 1 aliphatic rings. The van der Waals surface area contributed by atoms with Crippen LogP contribution in [0.25, 0.3) is 5.69 Å². The molecule has 0 atom stereocenters. The second kappa shape index (κ2) is 8.60. The van der Waals surface area contributed by atoms with Gasteiger partial charge in [-0.2, -0.15) is 4.31 Å². The fourth-order valence-electron chi connectivity index (χ4n) is 3.73. The number of rotatable bonds is 5. The normalized spacial score (nSPS) is 15.2. The number of piperazine rings is 1. The number of carbonyl (C=O) groups excluding carboxylic acids is 1. The van der Waals surface area contributed by atoms with Gasteiger partial charge in [0.2, 0.25) is 10.0 Å². The molecule has 0 saturated carbocycles. The number of nitrogens with zero attached hydrogens (tertiary/aromatic N) is 5. The van der Waals surface area contributed by atoms with Gasteiger partial charge >= 0.3 is 0 Å². The van der Waals surface area contributed by atoms with E-state index in [1.807, 2.05) is 56.3 Å². The van der Waals surface area contributed by atoms with E-state index in [2.05, 4.69) is 10.3 Å². The van der Waals surface area contributed by atoms with E-state index in [0.29, 0.717) is 24.5 Å². The highest BCUT2D eigenvalue weighted by molar-refractivity contribution is 7.88. The van der Waals surface area contributed by atoms with Crippen LogP contribution in [0.5, 0.6) is 0 Å². The molecular formula is C22H25N5O3S. The first-order valence-electron chi connectivity index (χ1n) is 10.2. The highest BCUT2D eigenvalue weighted by atomic mass is 32.2. The third-order valence-corrected chi connectivity index (χ3v) is 7.30. The second-order valence-electron chi connectivity index (χ2n) is 7.71. The molecule has 4 rings (SSSR count). The van der Waals surface area contributed by atoms with Gasteiger partial charge in [-0.1, -0.05) is 47.7 Å². The van der Waals surface area contributed by atoms with Gasteiger partial charge in [0.25, 0.3) is 5.91 Å². The fourth-order valence-corrected chi connectivity index (χ4v) is 5.24. The van der Waals surface area contributed by atoms with Crippen molar-refractivity contribution in [3.8, 4) is 5.69 Å². The molecule has 162 valence electrons. The lowest BCUT2D eigenvalue weighted by atomic mass is 10.2. The van der Waals surface area contributed by atoms with Crippen LogP contribution in [0.1, 0.15) is 27.3 Å². The number of hydrogen-bond donors (Lipinski definition) is 0. The number of amides is 1. The van der Waals surface area contributed by atoms with E-state index >= 15 is 0 Å². The van der Waals surface area contributed by atoms with Crippen LogP contribution < -0.4 is 0 Å². The first-order chi connectivity index (χ1) is 14.8. The van der Waals surface area contributed by atoms with Crippen LogP contribution in [-0.2, 0) is 15.8 Å². The number of aromatic nitrogens is 3. The van der Waals surface area contributed by atoms with Crippen molar-refractivity contribution in [2.24, 2.45) is 0 Å². The second-order valence-corrected chi connectivity index (χ2v) is 9.68. The average molecular weight is 440 g/mol. The Kier molecular flexibility index (Phi) is 5.88. The molecule has 1 aliphatic heterocycles. The minimum absolute atomic E-state index is 0.0360. The molecule has 0 bridgehead atoms. The maximum atomic E-state index is 13.0. The number of aryl methyl sites for hydroxylation is 1. The topological polar surface area (TPSA) is 88.4 Å². The standard InChI is InChI=1S/C22H25N5O3S/c1-17-7-6-10-20(15-17)27-18(2)21(23-24-27)22(28)25-11-13-26(14-12-25)31(29,30)16-19-8-4-3-5-9-19/h3-10,15H,11-14,16H2,1-2H3. The zero-order valence-electron chi connectivity index (χ0n) is 17.6. The predicted molar refractivity (Wildman–Crippen MR) is 117 cm³/mol. The monoisotopic (exact) mass is 439 g/mol. The lowest BCUT2D eigenvalue weighted by molar-refractivity contribution is 0.0691. The van der Waals surface area contributed by atoms with Gasteiger partial charge in [0.15, 0.2) is 5.69 Å². The van der Waals surface area contributed by atoms with Crippen molar-refractivity contribution in [1.29, 1.82) is 0 Å². The lowest BCUT2D eigenvalue weighted by Gasteiger charge is -2.33. The third-order valence-electron chi connectivity index (χ3n) is 5.45. The van der Waals surface area contributed by atoms with E-state index in [-0.39, 0.29) is 24.7 Å². The third kappa shape index (κ3) is 4.52. The van der Waals surface area contributed by atoms with Crippen molar-refractivity contribution in [3.05, 3.63) is 77.1 Å². The largest absolute Gasteiger partial charge is 0.335 e. The molecule has 0 aliphatic carbocycles. The highest BCUT2D eigenvalue weighted by Crippen LogP contribution is 2.18. The molecule has 0 unspecified atom stereocenters. The summed E-state index contributed by atoms with van der Waals surface area (Å²) in [5.74, 6) is -0.261. The fraction of sp³-hybridized carbons (Fsp3) is 0.318. The van der Waals surface area contributed by atoms with E-state index in [4.69, 9.17) is 0 Å². The van der Waals surface area contributed by atoms with Gasteiger partial charge in [-0.3, -0.25) is 4.79 Å².